The van der Waals surface area contributed by atoms with Crippen LogP contribution in [0.1, 0.15) is 12.0 Å². The molecule has 0 fully saturated rings. The van der Waals surface area contributed by atoms with Crippen molar-refractivity contribution in [1.82, 2.24) is 14.1 Å². The summed E-state index contributed by atoms with van der Waals surface area (Å²) in [6.07, 6.45) is 4.16. The van der Waals surface area contributed by atoms with Crippen molar-refractivity contribution in [3.63, 3.8) is 0 Å². The lowest BCUT2D eigenvalue weighted by atomic mass is 9.96. The zero-order valence-corrected chi connectivity index (χ0v) is 22.2. The SMILES string of the molecule is CN(C)S(=O)(=O)c1ccc(S(N)(=O)=O)c(-c2nn(C)cc2C2=CCN(c3ccc(Cl)cc3F)CC2)c1. The van der Waals surface area contributed by atoms with Gasteiger partial charge < -0.3 is 4.90 Å². The van der Waals surface area contributed by atoms with E-state index >= 15 is 0 Å². The molecule has 0 saturated heterocycles. The number of primary sulfonamides is 1. The molecule has 36 heavy (non-hydrogen) atoms. The number of nitrogens with zero attached hydrogens (tertiary/aromatic N) is 4. The Bertz CT molecular complexity index is 1580. The number of nitrogens with two attached hydrogens (primary N) is 1. The fraction of sp³-hybridized carbons (Fsp3) is 0.261. The lowest BCUT2D eigenvalue weighted by molar-refractivity contribution is 0.520. The maximum atomic E-state index is 14.4. The maximum absolute atomic E-state index is 14.4. The molecule has 2 heterocycles. The van der Waals surface area contributed by atoms with Gasteiger partial charge in [0.2, 0.25) is 20.0 Å². The summed E-state index contributed by atoms with van der Waals surface area (Å²) in [6, 6.07) is 8.18. The van der Waals surface area contributed by atoms with Crippen LogP contribution in [0, 0.1) is 5.82 Å². The lowest BCUT2D eigenvalue weighted by Crippen LogP contribution is -2.29. The Morgan fingerprint density at radius 2 is 1.81 bits per heavy atom. The van der Waals surface area contributed by atoms with Gasteiger partial charge in [0.25, 0.3) is 0 Å². The molecule has 0 radical (unpaired) electrons. The minimum absolute atomic E-state index is 0.0862. The van der Waals surface area contributed by atoms with E-state index in [1.54, 1.807) is 25.4 Å². The highest BCUT2D eigenvalue weighted by atomic mass is 35.5. The second kappa shape index (κ2) is 9.60. The van der Waals surface area contributed by atoms with Crippen LogP contribution in [0.5, 0.6) is 0 Å². The molecule has 0 saturated carbocycles. The Balaban J connectivity index is 1.80. The molecule has 0 bridgehead atoms. The Morgan fingerprint density at radius 3 is 2.39 bits per heavy atom. The smallest absolute Gasteiger partial charge is 0.242 e. The third kappa shape index (κ3) is 5.04. The van der Waals surface area contributed by atoms with Crippen molar-refractivity contribution in [2.45, 2.75) is 16.2 Å². The molecule has 0 atom stereocenters. The summed E-state index contributed by atoms with van der Waals surface area (Å²) >= 11 is 5.87. The summed E-state index contributed by atoms with van der Waals surface area (Å²) in [5.74, 6) is -0.418. The van der Waals surface area contributed by atoms with Gasteiger partial charge in [-0.15, -0.1) is 0 Å². The molecule has 1 aliphatic rings. The first-order chi connectivity index (χ1) is 16.8. The van der Waals surface area contributed by atoms with Crippen molar-refractivity contribution in [3.05, 3.63) is 65.1 Å². The molecule has 4 rings (SSSR count). The van der Waals surface area contributed by atoms with Crippen molar-refractivity contribution in [1.29, 1.82) is 0 Å². The molecule has 0 amide bonds. The quantitative estimate of drug-likeness (QED) is 0.501. The zero-order valence-electron chi connectivity index (χ0n) is 19.8. The average Bonchev–Trinajstić information content (AvgIpc) is 3.19. The van der Waals surface area contributed by atoms with Gasteiger partial charge in [-0.05, 0) is 48.4 Å². The third-order valence-corrected chi connectivity index (χ3v) is 8.94. The highest BCUT2D eigenvalue weighted by molar-refractivity contribution is 7.89. The van der Waals surface area contributed by atoms with E-state index in [1.807, 2.05) is 11.0 Å². The van der Waals surface area contributed by atoms with Crippen LogP contribution in [-0.4, -0.2) is 58.1 Å². The summed E-state index contributed by atoms with van der Waals surface area (Å²) in [6.45, 7) is 0.898. The van der Waals surface area contributed by atoms with Gasteiger partial charge in [0.05, 0.1) is 15.5 Å². The zero-order chi connectivity index (χ0) is 26.4. The van der Waals surface area contributed by atoms with Crippen molar-refractivity contribution < 1.29 is 21.2 Å². The van der Waals surface area contributed by atoms with Gasteiger partial charge in [-0.2, -0.15) is 5.10 Å². The van der Waals surface area contributed by atoms with Gasteiger partial charge in [-0.25, -0.2) is 30.7 Å². The van der Waals surface area contributed by atoms with Crippen LogP contribution in [0.25, 0.3) is 16.8 Å². The highest BCUT2D eigenvalue weighted by Crippen LogP contribution is 2.36. The second-order valence-corrected chi connectivity index (χ2v) is 12.7. The number of benzene rings is 2. The first-order valence-electron chi connectivity index (χ1n) is 10.8. The van der Waals surface area contributed by atoms with Crippen LogP contribution < -0.4 is 10.0 Å². The van der Waals surface area contributed by atoms with Crippen molar-refractivity contribution in [3.8, 4) is 11.3 Å². The minimum atomic E-state index is -4.19. The molecule has 192 valence electrons. The summed E-state index contributed by atoms with van der Waals surface area (Å²) in [4.78, 5) is 1.54. The highest BCUT2D eigenvalue weighted by Gasteiger charge is 2.27. The third-order valence-electron chi connectivity index (χ3n) is 5.93. The molecule has 3 aromatic rings. The summed E-state index contributed by atoms with van der Waals surface area (Å²) in [5, 5.41) is 10.2. The first-order valence-corrected chi connectivity index (χ1v) is 14.2. The maximum Gasteiger partial charge on any atom is 0.242 e. The normalized spacial score (nSPS) is 14.9. The summed E-state index contributed by atoms with van der Waals surface area (Å²) < 4.78 is 67.3. The topological polar surface area (TPSA) is 119 Å². The number of rotatable bonds is 6. The minimum Gasteiger partial charge on any atom is -0.365 e. The number of halogens is 2. The molecule has 2 aromatic carbocycles. The summed E-state index contributed by atoms with van der Waals surface area (Å²) in [7, 11) is -3.59. The molecule has 9 nitrogen and oxygen atoms in total. The van der Waals surface area contributed by atoms with E-state index in [2.05, 4.69) is 5.10 Å². The second-order valence-electron chi connectivity index (χ2n) is 8.58. The Morgan fingerprint density at radius 1 is 1.08 bits per heavy atom. The van der Waals surface area contributed by atoms with Gasteiger partial charge in [0.15, 0.2) is 0 Å². The molecule has 1 aliphatic heterocycles. The molecule has 0 unspecified atom stereocenters. The van der Waals surface area contributed by atoms with Crippen LogP contribution >= 0.6 is 11.6 Å². The first kappa shape index (κ1) is 26.3. The van der Waals surface area contributed by atoms with Crippen molar-refractivity contribution in [2.75, 3.05) is 32.1 Å². The van der Waals surface area contributed by atoms with Crippen LogP contribution in [-0.2, 0) is 27.1 Å². The van der Waals surface area contributed by atoms with Crippen LogP contribution in [0.2, 0.25) is 5.02 Å². The van der Waals surface area contributed by atoms with Crippen LogP contribution in [0.3, 0.4) is 0 Å². The van der Waals surface area contributed by atoms with Crippen molar-refractivity contribution in [2.24, 2.45) is 12.2 Å². The number of aryl methyl sites for hydroxylation is 1. The molecule has 0 spiro atoms. The fourth-order valence-electron chi connectivity index (χ4n) is 4.11. The molecule has 13 heteroatoms. The lowest BCUT2D eigenvalue weighted by Gasteiger charge is -2.29. The number of anilines is 1. The van der Waals surface area contributed by atoms with Crippen LogP contribution in [0.4, 0.5) is 10.1 Å². The average molecular weight is 554 g/mol. The van der Waals surface area contributed by atoms with Crippen molar-refractivity contribution >= 4 is 42.9 Å². The Labute approximate surface area is 214 Å². The molecule has 0 aliphatic carbocycles. The number of hydrogen-bond acceptors (Lipinski definition) is 6. The molecule has 1 aromatic heterocycles. The van der Waals surface area contributed by atoms with Gasteiger partial charge in [-0.1, -0.05) is 17.7 Å². The standard InChI is InChI=1S/C23H25ClFN5O4S2/c1-28(2)36(33,34)17-5-7-22(35(26,31)32)18(13-17)23-19(14-29(3)27-23)15-8-10-30(11-9-15)21-6-4-16(24)12-20(21)25/h4-8,12-14H,9-11H2,1-3H3,(H2,26,31,32). The van der Waals surface area contributed by atoms with E-state index in [4.69, 9.17) is 16.7 Å². The summed E-state index contributed by atoms with van der Waals surface area (Å²) in [5.41, 5.74) is 2.31. The number of sulfonamides is 2. The van der Waals surface area contributed by atoms with Gasteiger partial charge in [-0.3, -0.25) is 4.68 Å². The van der Waals surface area contributed by atoms with E-state index in [0.29, 0.717) is 35.8 Å². The Hall–Kier alpha value is -2.77. The fourth-order valence-corrected chi connectivity index (χ4v) is 5.91. The van der Waals surface area contributed by atoms with E-state index in [-0.39, 0.29) is 21.0 Å². The molecular weight excluding hydrogens is 529 g/mol. The van der Waals surface area contributed by atoms with E-state index in [1.165, 1.54) is 43.0 Å². The number of aromatic nitrogens is 2. The predicted octanol–water partition coefficient (Wildman–Crippen LogP) is 3.07. The van der Waals surface area contributed by atoms with E-state index < -0.39 is 25.9 Å². The number of hydrogen-bond donors (Lipinski definition) is 1. The molecular formula is C23H25ClFN5O4S2. The molecule has 2 N–H and O–H groups in total. The monoisotopic (exact) mass is 553 g/mol. The van der Waals surface area contributed by atoms with Gasteiger partial charge in [0.1, 0.15) is 11.5 Å². The largest absolute Gasteiger partial charge is 0.365 e. The predicted molar refractivity (Wildman–Crippen MR) is 137 cm³/mol. The Kier molecular flexibility index (Phi) is 7.01. The van der Waals surface area contributed by atoms with E-state index in [9.17, 15) is 21.2 Å². The van der Waals surface area contributed by atoms with E-state index in [0.717, 1.165) is 9.88 Å². The van der Waals surface area contributed by atoms with Crippen LogP contribution in [0.15, 0.2) is 58.5 Å². The van der Waals surface area contributed by atoms with Gasteiger partial charge >= 0.3 is 0 Å². The van der Waals surface area contributed by atoms with Gasteiger partial charge in [0, 0.05) is 56.6 Å².